The maximum atomic E-state index is 11.0. The fourth-order valence-electron chi connectivity index (χ4n) is 3.14. The number of amides is 1. The molecule has 0 aliphatic carbocycles. The summed E-state index contributed by atoms with van der Waals surface area (Å²) in [5.74, 6) is 0.631. The van der Waals surface area contributed by atoms with Gasteiger partial charge in [0.15, 0.2) is 5.96 Å². The number of carbonyl (C=O) groups is 1. The SMILES string of the molecule is CCNC(=NCCCc1cccc(Br)c1)NC1CCN(CC(N)=O)CC1. The molecule has 1 heterocycles. The quantitative estimate of drug-likeness (QED) is 0.338. The molecule has 1 saturated heterocycles. The van der Waals surface area contributed by atoms with E-state index in [1.54, 1.807) is 0 Å². The van der Waals surface area contributed by atoms with Crippen LogP contribution in [0.1, 0.15) is 31.7 Å². The number of piperidine rings is 1. The zero-order valence-electron chi connectivity index (χ0n) is 15.5. The van der Waals surface area contributed by atoms with Gasteiger partial charge in [0.1, 0.15) is 0 Å². The molecule has 0 radical (unpaired) electrons. The predicted molar refractivity (Wildman–Crippen MR) is 110 cm³/mol. The van der Waals surface area contributed by atoms with E-state index in [1.807, 2.05) is 6.07 Å². The summed E-state index contributed by atoms with van der Waals surface area (Å²) in [5, 5.41) is 6.85. The molecule has 0 saturated carbocycles. The maximum absolute atomic E-state index is 11.0. The van der Waals surface area contributed by atoms with Crippen LogP contribution in [0.25, 0.3) is 0 Å². The molecule has 1 amide bonds. The van der Waals surface area contributed by atoms with Crippen molar-refractivity contribution < 1.29 is 4.79 Å². The minimum absolute atomic E-state index is 0.253. The zero-order chi connectivity index (χ0) is 18.8. The van der Waals surface area contributed by atoms with E-state index >= 15 is 0 Å². The average molecular weight is 424 g/mol. The van der Waals surface area contributed by atoms with Crippen LogP contribution in [-0.2, 0) is 11.2 Å². The summed E-state index contributed by atoms with van der Waals surface area (Å²) in [7, 11) is 0. The van der Waals surface area contributed by atoms with Gasteiger partial charge in [-0.15, -0.1) is 0 Å². The Balaban J connectivity index is 1.75. The second-order valence-corrected chi connectivity index (χ2v) is 7.57. The Morgan fingerprint density at radius 3 is 2.81 bits per heavy atom. The number of guanidine groups is 1. The van der Waals surface area contributed by atoms with Gasteiger partial charge in [-0.25, -0.2) is 0 Å². The summed E-state index contributed by atoms with van der Waals surface area (Å²) in [6.07, 6.45) is 4.03. The molecule has 144 valence electrons. The van der Waals surface area contributed by atoms with Gasteiger partial charge in [0, 0.05) is 36.7 Å². The molecule has 4 N–H and O–H groups in total. The number of hydrogen-bond donors (Lipinski definition) is 3. The Morgan fingerprint density at radius 1 is 1.38 bits per heavy atom. The van der Waals surface area contributed by atoms with E-state index in [0.717, 1.165) is 62.3 Å². The Morgan fingerprint density at radius 2 is 2.15 bits per heavy atom. The Kier molecular flexibility index (Phi) is 8.91. The number of nitrogens with zero attached hydrogens (tertiary/aromatic N) is 2. The minimum atomic E-state index is -0.253. The Bertz CT molecular complexity index is 599. The minimum Gasteiger partial charge on any atom is -0.369 e. The second-order valence-electron chi connectivity index (χ2n) is 6.66. The van der Waals surface area contributed by atoms with E-state index in [9.17, 15) is 4.79 Å². The van der Waals surface area contributed by atoms with Crippen LogP contribution in [0, 0.1) is 0 Å². The molecule has 1 aliphatic heterocycles. The summed E-state index contributed by atoms with van der Waals surface area (Å²) in [5.41, 5.74) is 6.60. The van der Waals surface area contributed by atoms with Crippen molar-refractivity contribution in [2.75, 3.05) is 32.7 Å². The first kappa shape index (κ1) is 20.7. The first-order valence-electron chi connectivity index (χ1n) is 9.36. The van der Waals surface area contributed by atoms with Gasteiger partial charge in [-0.1, -0.05) is 28.1 Å². The predicted octanol–water partition coefficient (Wildman–Crippen LogP) is 1.89. The number of nitrogens with two attached hydrogens (primary N) is 1. The summed E-state index contributed by atoms with van der Waals surface area (Å²) in [4.78, 5) is 17.8. The van der Waals surface area contributed by atoms with Crippen molar-refractivity contribution in [1.29, 1.82) is 0 Å². The Labute approximate surface area is 164 Å². The van der Waals surface area contributed by atoms with E-state index in [0.29, 0.717) is 12.6 Å². The van der Waals surface area contributed by atoms with Crippen molar-refractivity contribution in [1.82, 2.24) is 15.5 Å². The van der Waals surface area contributed by atoms with Crippen LogP contribution in [-0.4, -0.2) is 55.5 Å². The monoisotopic (exact) mass is 423 g/mol. The molecule has 0 atom stereocenters. The number of hydrogen-bond acceptors (Lipinski definition) is 3. The number of likely N-dealkylation sites (tertiary alicyclic amines) is 1. The standard InChI is InChI=1S/C19H30BrN5O/c1-2-22-19(23-10-4-6-15-5-3-7-16(20)13-15)24-17-8-11-25(12-9-17)14-18(21)26/h3,5,7,13,17H,2,4,6,8-12,14H2,1H3,(H2,21,26)(H2,22,23,24). The van der Waals surface area contributed by atoms with Gasteiger partial charge in [0.05, 0.1) is 6.54 Å². The van der Waals surface area contributed by atoms with E-state index in [-0.39, 0.29) is 5.91 Å². The number of benzene rings is 1. The molecule has 26 heavy (non-hydrogen) atoms. The van der Waals surface area contributed by atoms with Gasteiger partial charge >= 0.3 is 0 Å². The van der Waals surface area contributed by atoms with Gasteiger partial charge in [-0.05, 0) is 50.3 Å². The summed E-state index contributed by atoms with van der Waals surface area (Å²) < 4.78 is 1.12. The van der Waals surface area contributed by atoms with Crippen LogP contribution in [0.5, 0.6) is 0 Å². The third-order valence-electron chi connectivity index (χ3n) is 4.43. The molecule has 0 bridgehead atoms. The van der Waals surface area contributed by atoms with Gasteiger partial charge in [-0.3, -0.25) is 14.7 Å². The lowest BCUT2D eigenvalue weighted by atomic mass is 10.1. The molecule has 1 aromatic rings. The van der Waals surface area contributed by atoms with Crippen LogP contribution < -0.4 is 16.4 Å². The van der Waals surface area contributed by atoms with Crippen molar-refractivity contribution in [3.8, 4) is 0 Å². The smallest absolute Gasteiger partial charge is 0.231 e. The van der Waals surface area contributed by atoms with Crippen molar-refractivity contribution in [3.05, 3.63) is 34.3 Å². The molecule has 1 aromatic carbocycles. The van der Waals surface area contributed by atoms with Crippen molar-refractivity contribution in [2.45, 2.75) is 38.6 Å². The fourth-order valence-corrected chi connectivity index (χ4v) is 3.58. The van der Waals surface area contributed by atoms with Gasteiger partial charge < -0.3 is 16.4 Å². The van der Waals surface area contributed by atoms with Crippen LogP contribution in [0.2, 0.25) is 0 Å². The highest BCUT2D eigenvalue weighted by atomic mass is 79.9. The highest BCUT2D eigenvalue weighted by Crippen LogP contribution is 2.13. The molecule has 1 fully saturated rings. The number of nitrogens with one attached hydrogen (secondary N) is 2. The number of rotatable bonds is 8. The summed E-state index contributed by atoms with van der Waals surface area (Å²) >= 11 is 3.51. The van der Waals surface area contributed by atoms with Gasteiger partial charge in [-0.2, -0.15) is 0 Å². The fraction of sp³-hybridized carbons (Fsp3) is 0.579. The molecule has 7 heteroatoms. The largest absolute Gasteiger partial charge is 0.369 e. The van der Waals surface area contributed by atoms with Crippen molar-refractivity contribution in [2.24, 2.45) is 10.7 Å². The van der Waals surface area contributed by atoms with Gasteiger partial charge in [0.25, 0.3) is 0 Å². The van der Waals surface area contributed by atoms with E-state index in [1.165, 1.54) is 5.56 Å². The van der Waals surface area contributed by atoms with E-state index in [4.69, 9.17) is 10.7 Å². The van der Waals surface area contributed by atoms with Crippen LogP contribution in [0.15, 0.2) is 33.7 Å². The molecule has 2 rings (SSSR count). The molecular weight excluding hydrogens is 394 g/mol. The molecular formula is C19H30BrN5O. The normalized spacial score (nSPS) is 16.5. The van der Waals surface area contributed by atoms with E-state index in [2.05, 4.69) is 56.6 Å². The summed E-state index contributed by atoms with van der Waals surface area (Å²) in [6, 6.07) is 8.81. The van der Waals surface area contributed by atoms with Crippen LogP contribution in [0.3, 0.4) is 0 Å². The number of carbonyl (C=O) groups excluding carboxylic acids is 1. The maximum Gasteiger partial charge on any atom is 0.231 e. The first-order chi connectivity index (χ1) is 12.6. The van der Waals surface area contributed by atoms with Crippen LogP contribution >= 0.6 is 15.9 Å². The number of aryl methyl sites for hydroxylation is 1. The molecule has 0 unspecified atom stereocenters. The summed E-state index contributed by atoms with van der Waals surface area (Å²) in [6.45, 7) is 5.86. The lowest BCUT2D eigenvalue weighted by Gasteiger charge is -2.32. The highest BCUT2D eigenvalue weighted by molar-refractivity contribution is 9.10. The first-order valence-corrected chi connectivity index (χ1v) is 10.2. The van der Waals surface area contributed by atoms with Crippen molar-refractivity contribution in [3.63, 3.8) is 0 Å². The molecule has 1 aliphatic rings. The highest BCUT2D eigenvalue weighted by Gasteiger charge is 2.20. The number of primary amides is 1. The lowest BCUT2D eigenvalue weighted by molar-refractivity contribution is -0.119. The lowest BCUT2D eigenvalue weighted by Crippen LogP contribution is -2.49. The second kappa shape index (κ2) is 11.2. The Hall–Kier alpha value is -1.60. The van der Waals surface area contributed by atoms with E-state index < -0.39 is 0 Å². The molecule has 6 nitrogen and oxygen atoms in total. The zero-order valence-corrected chi connectivity index (χ0v) is 17.1. The van der Waals surface area contributed by atoms with Gasteiger partial charge in [0.2, 0.25) is 5.91 Å². The van der Waals surface area contributed by atoms with Crippen molar-refractivity contribution >= 4 is 27.8 Å². The van der Waals surface area contributed by atoms with Crippen LogP contribution in [0.4, 0.5) is 0 Å². The number of halogens is 1. The average Bonchev–Trinajstić information content (AvgIpc) is 2.60. The third-order valence-corrected chi connectivity index (χ3v) is 4.93. The topological polar surface area (TPSA) is 82.8 Å². The molecule has 0 spiro atoms. The third kappa shape index (κ3) is 7.74. The number of aliphatic imine (C=N–C) groups is 1. The molecule has 0 aromatic heterocycles.